The number of carbonyl (C=O) groups is 1. The molecule has 0 bridgehead atoms. The first-order valence-corrected chi connectivity index (χ1v) is 8.54. The van der Waals surface area contributed by atoms with E-state index in [1.165, 1.54) is 0 Å². The molecule has 0 saturated carbocycles. The second kappa shape index (κ2) is 7.99. The summed E-state index contributed by atoms with van der Waals surface area (Å²) in [6.45, 7) is 1.67. The molecule has 0 saturated heterocycles. The van der Waals surface area contributed by atoms with E-state index in [0.29, 0.717) is 12.1 Å². The Kier molecular flexibility index (Phi) is 6.64. The standard InChI is InChI=1S/C14H23N3O3S/c1-4-5-10-21(19,20)15-11-14(18)16-12-6-8-13(9-7-12)17(2)3/h6-9,15H,4-5,10-11H2,1-3H3,(H,16,18). The van der Waals surface area contributed by atoms with Crippen molar-refractivity contribution in [2.75, 3.05) is 36.6 Å². The number of benzene rings is 1. The first-order valence-electron chi connectivity index (χ1n) is 6.88. The van der Waals surface area contributed by atoms with Gasteiger partial charge in [-0.15, -0.1) is 0 Å². The molecule has 6 nitrogen and oxygen atoms in total. The summed E-state index contributed by atoms with van der Waals surface area (Å²) in [4.78, 5) is 13.7. The number of anilines is 2. The third kappa shape index (κ3) is 6.59. The molecule has 118 valence electrons. The van der Waals surface area contributed by atoms with Crippen molar-refractivity contribution in [1.29, 1.82) is 0 Å². The fourth-order valence-electron chi connectivity index (χ4n) is 1.63. The Balaban J connectivity index is 2.47. The number of amides is 1. The van der Waals surface area contributed by atoms with Gasteiger partial charge >= 0.3 is 0 Å². The van der Waals surface area contributed by atoms with Crippen LogP contribution in [0.25, 0.3) is 0 Å². The van der Waals surface area contributed by atoms with Crippen LogP contribution in [0.5, 0.6) is 0 Å². The number of carbonyl (C=O) groups excluding carboxylic acids is 1. The summed E-state index contributed by atoms with van der Waals surface area (Å²) in [5.41, 5.74) is 1.66. The molecule has 0 unspecified atom stereocenters. The van der Waals surface area contributed by atoms with Crippen LogP contribution in [0.15, 0.2) is 24.3 Å². The minimum atomic E-state index is -3.37. The molecule has 1 aromatic carbocycles. The van der Waals surface area contributed by atoms with Gasteiger partial charge in [-0.3, -0.25) is 4.79 Å². The van der Waals surface area contributed by atoms with E-state index in [1.54, 1.807) is 12.1 Å². The molecule has 0 heterocycles. The predicted molar refractivity (Wildman–Crippen MR) is 86.1 cm³/mol. The monoisotopic (exact) mass is 313 g/mol. The number of nitrogens with zero attached hydrogens (tertiary/aromatic N) is 1. The molecule has 21 heavy (non-hydrogen) atoms. The van der Waals surface area contributed by atoms with Crippen LogP contribution >= 0.6 is 0 Å². The van der Waals surface area contributed by atoms with E-state index in [-0.39, 0.29) is 18.2 Å². The molecule has 1 rings (SSSR count). The summed E-state index contributed by atoms with van der Waals surface area (Å²) in [5.74, 6) is -0.332. The average Bonchev–Trinajstić information content (AvgIpc) is 2.44. The largest absolute Gasteiger partial charge is 0.378 e. The van der Waals surface area contributed by atoms with E-state index in [2.05, 4.69) is 10.0 Å². The normalized spacial score (nSPS) is 11.2. The van der Waals surface area contributed by atoms with Crippen molar-refractivity contribution < 1.29 is 13.2 Å². The highest BCUT2D eigenvalue weighted by Gasteiger charge is 2.11. The van der Waals surface area contributed by atoms with Crippen LogP contribution in [0.2, 0.25) is 0 Å². The van der Waals surface area contributed by atoms with Crippen LogP contribution in [0.3, 0.4) is 0 Å². The highest BCUT2D eigenvalue weighted by atomic mass is 32.2. The lowest BCUT2D eigenvalue weighted by atomic mass is 10.2. The Labute approximate surface area is 126 Å². The molecule has 1 amide bonds. The van der Waals surface area contributed by atoms with Crippen LogP contribution < -0.4 is 14.9 Å². The van der Waals surface area contributed by atoms with Crippen LogP contribution in [-0.4, -0.2) is 40.7 Å². The van der Waals surface area contributed by atoms with Crippen molar-refractivity contribution in [2.24, 2.45) is 0 Å². The molecule has 0 radical (unpaired) electrons. The summed E-state index contributed by atoms with van der Waals surface area (Å²) < 4.78 is 25.4. The molecule has 0 aliphatic rings. The van der Waals surface area contributed by atoms with Crippen LogP contribution in [0.1, 0.15) is 19.8 Å². The summed E-state index contributed by atoms with van der Waals surface area (Å²) in [5, 5.41) is 2.65. The Morgan fingerprint density at radius 3 is 2.33 bits per heavy atom. The van der Waals surface area contributed by atoms with Gasteiger partial charge in [-0.1, -0.05) is 13.3 Å². The van der Waals surface area contributed by atoms with Gasteiger partial charge in [0.05, 0.1) is 12.3 Å². The molecule has 0 atom stereocenters. The Bertz CT molecular complexity index is 553. The van der Waals surface area contributed by atoms with Gasteiger partial charge < -0.3 is 10.2 Å². The van der Waals surface area contributed by atoms with Crippen molar-refractivity contribution in [3.8, 4) is 0 Å². The number of hydrogen-bond donors (Lipinski definition) is 2. The van der Waals surface area contributed by atoms with E-state index in [1.807, 2.05) is 38.1 Å². The number of unbranched alkanes of at least 4 members (excludes halogenated alkanes) is 1. The van der Waals surface area contributed by atoms with Gasteiger partial charge in [0.2, 0.25) is 15.9 Å². The Hall–Kier alpha value is -1.60. The SMILES string of the molecule is CCCCS(=O)(=O)NCC(=O)Nc1ccc(N(C)C)cc1. The van der Waals surface area contributed by atoms with E-state index in [0.717, 1.165) is 12.1 Å². The van der Waals surface area contributed by atoms with Gasteiger partial charge in [0.1, 0.15) is 0 Å². The van der Waals surface area contributed by atoms with Crippen LogP contribution in [0, 0.1) is 0 Å². The smallest absolute Gasteiger partial charge is 0.239 e. The van der Waals surface area contributed by atoms with E-state index in [9.17, 15) is 13.2 Å². The molecular formula is C14H23N3O3S. The fourth-order valence-corrected chi connectivity index (χ4v) is 2.79. The summed E-state index contributed by atoms with van der Waals surface area (Å²) in [7, 11) is 0.492. The van der Waals surface area contributed by atoms with E-state index >= 15 is 0 Å². The average molecular weight is 313 g/mol. The molecule has 7 heteroatoms. The summed E-state index contributed by atoms with van der Waals surface area (Å²) in [6, 6.07) is 7.31. The minimum Gasteiger partial charge on any atom is -0.378 e. The van der Waals surface area contributed by atoms with Gasteiger partial charge in [0, 0.05) is 25.5 Å². The lowest BCUT2D eigenvalue weighted by Gasteiger charge is -2.13. The second-order valence-corrected chi connectivity index (χ2v) is 6.91. The number of hydrogen-bond acceptors (Lipinski definition) is 4. The van der Waals surface area contributed by atoms with E-state index < -0.39 is 10.0 Å². The van der Waals surface area contributed by atoms with Gasteiger partial charge in [-0.25, -0.2) is 13.1 Å². The Morgan fingerprint density at radius 1 is 1.19 bits per heavy atom. The molecule has 1 aromatic rings. The van der Waals surface area contributed by atoms with E-state index in [4.69, 9.17) is 0 Å². The van der Waals surface area contributed by atoms with Crippen LogP contribution in [0.4, 0.5) is 11.4 Å². The maximum atomic E-state index is 11.7. The van der Waals surface area contributed by atoms with Gasteiger partial charge in [-0.05, 0) is 30.7 Å². The number of sulfonamides is 1. The maximum Gasteiger partial charge on any atom is 0.239 e. The highest BCUT2D eigenvalue weighted by Crippen LogP contribution is 2.15. The van der Waals surface area contributed by atoms with Crippen molar-refractivity contribution in [3.63, 3.8) is 0 Å². The maximum absolute atomic E-state index is 11.7. The van der Waals surface area contributed by atoms with Crippen molar-refractivity contribution >= 4 is 27.3 Å². The molecule has 0 aromatic heterocycles. The third-order valence-electron chi connectivity index (χ3n) is 2.89. The number of rotatable bonds is 8. The first kappa shape index (κ1) is 17.5. The quantitative estimate of drug-likeness (QED) is 0.760. The zero-order chi connectivity index (χ0) is 15.9. The van der Waals surface area contributed by atoms with Gasteiger partial charge in [0.15, 0.2) is 0 Å². The molecule has 0 spiro atoms. The number of nitrogens with one attached hydrogen (secondary N) is 2. The topological polar surface area (TPSA) is 78.5 Å². The van der Waals surface area contributed by atoms with Gasteiger partial charge in [-0.2, -0.15) is 0 Å². The zero-order valence-corrected chi connectivity index (χ0v) is 13.5. The summed E-state index contributed by atoms with van der Waals surface area (Å²) in [6.07, 6.45) is 1.38. The molecular weight excluding hydrogens is 290 g/mol. The molecule has 2 N–H and O–H groups in total. The van der Waals surface area contributed by atoms with Crippen molar-refractivity contribution in [1.82, 2.24) is 4.72 Å². The van der Waals surface area contributed by atoms with Crippen molar-refractivity contribution in [3.05, 3.63) is 24.3 Å². The van der Waals surface area contributed by atoms with Crippen molar-refractivity contribution in [2.45, 2.75) is 19.8 Å². The third-order valence-corrected chi connectivity index (χ3v) is 4.30. The fraction of sp³-hybridized carbons (Fsp3) is 0.500. The zero-order valence-electron chi connectivity index (χ0n) is 12.7. The highest BCUT2D eigenvalue weighted by molar-refractivity contribution is 7.89. The minimum absolute atomic E-state index is 0.0499. The predicted octanol–water partition coefficient (Wildman–Crippen LogP) is 1.41. The lowest BCUT2D eigenvalue weighted by Crippen LogP contribution is -2.34. The molecule has 0 aliphatic heterocycles. The molecule has 0 aliphatic carbocycles. The van der Waals surface area contributed by atoms with Crippen LogP contribution in [-0.2, 0) is 14.8 Å². The van der Waals surface area contributed by atoms with Gasteiger partial charge in [0.25, 0.3) is 0 Å². The Morgan fingerprint density at radius 2 is 1.81 bits per heavy atom. The second-order valence-electron chi connectivity index (χ2n) is 4.98. The summed E-state index contributed by atoms with van der Waals surface area (Å²) >= 11 is 0. The lowest BCUT2D eigenvalue weighted by molar-refractivity contribution is -0.115. The first-order chi connectivity index (χ1) is 9.84. The molecule has 0 fully saturated rings.